The van der Waals surface area contributed by atoms with E-state index in [1.807, 2.05) is 30.3 Å². The molecule has 1 aliphatic rings. The number of aliphatic hydroxyl groups is 1. The first kappa shape index (κ1) is 26.6. The Bertz CT molecular complexity index is 1470. The predicted octanol–water partition coefficient (Wildman–Crippen LogP) is 4.59. The van der Waals surface area contributed by atoms with Crippen molar-refractivity contribution in [3.63, 3.8) is 0 Å². The van der Waals surface area contributed by atoms with Gasteiger partial charge in [-0.3, -0.25) is 4.79 Å². The number of benzene rings is 3. The van der Waals surface area contributed by atoms with Crippen LogP contribution in [0.15, 0.2) is 84.9 Å². The quantitative estimate of drug-likeness (QED) is 0.251. The molecule has 5 rings (SSSR count). The van der Waals surface area contributed by atoms with Crippen molar-refractivity contribution in [2.24, 2.45) is 5.73 Å². The molecule has 1 fully saturated rings. The third-order valence-electron chi connectivity index (χ3n) is 6.70. The van der Waals surface area contributed by atoms with Crippen molar-refractivity contribution in [3.8, 4) is 5.69 Å². The molecular weight excluding hydrogens is 507 g/mol. The van der Waals surface area contributed by atoms with Crippen molar-refractivity contribution in [2.45, 2.75) is 37.2 Å². The van der Waals surface area contributed by atoms with Crippen LogP contribution in [0.5, 0.6) is 0 Å². The summed E-state index contributed by atoms with van der Waals surface area (Å²) in [6, 6.07) is 23.4. The van der Waals surface area contributed by atoms with Crippen molar-refractivity contribution in [3.05, 3.63) is 113 Å². The van der Waals surface area contributed by atoms with Crippen molar-refractivity contribution in [1.29, 1.82) is 0 Å². The molecule has 0 saturated heterocycles. The standard InChI is InChI=1S/C29H28F3N5O2/c30-29(31,32)26-16-25(37(36-26)24-11-4-6-19(14-24)17-33)27(38)35-23-10-5-9-21(15-23)28(39,18-34-22-12-13-22)20-7-2-1-3-8-20/h1-11,14-16,22,34,39H,12-13,17-18,33H2,(H,35,38). The van der Waals surface area contributed by atoms with Crippen LogP contribution in [-0.4, -0.2) is 33.4 Å². The Balaban J connectivity index is 1.48. The summed E-state index contributed by atoms with van der Waals surface area (Å²) in [5.74, 6) is -0.785. The molecule has 0 bridgehead atoms. The zero-order valence-corrected chi connectivity index (χ0v) is 20.9. The number of carbonyl (C=O) groups excluding carboxylic acids is 1. The number of carbonyl (C=O) groups is 1. The number of alkyl halides is 3. The topological polar surface area (TPSA) is 105 Å². The molecule has 0 aliphatic heterocycles. The fourth-order valence-electron chi connectivity index (χ4n) is 4.41. The summed E-state index contributed by atoms with van der Waals surface area (Å²) in [5, 5.41) is 21.5. The van der Waals surface area contributed by atoms with E-state index in [0.29, 0.717) is 34.5 Å². The number of hydrogen-bond acceptors (Lipinski definition) is 5. The Morgan fingerprint density at radius 1 is 0.974 bits per heavy atom. The molecule has 5 N–H and O–H groups in total. The number of anilines is 1. The van der Waals surface area contributed by atoms with Crippen molar-refractivity contribution < 1.29 is 23.1 Å². The number of nitrogens with zero attached hydrogens (tertiary/aromatic N) is 2. The molecular formula is C29H28F3N5O2. The second-order valence-corrected chi connectivity index (χ2v) is 9.61. The Morgan fingerprint density at radius 2 is 1.69 bits per heavy atom. The first-order valence-electron chi connectivity index (χ1n) is 12.6. The molecule has 3 aromatic carbocycles. The average molecular weight is 536 g/mol. The number of rotatable bonds is 9. The van der Waals surface area contributed by atoms with Gasteiger partial charge in [0.1, 0.15) is 11.3 Å². The van der Waals surface area contributed by atoms with Gasteiger partial charge in [-0.05, 0) is 53.8 Å². The van der Waals surface area contributed by atoms with Crippen molar-refractivity contribution >= 4 is 11.6 Å². The molecule has 1 unspecified atom stereocenters. The third kappa shape index (κ3) is 5.88. The summed E-state index contributed by atoms with van der Waals surface area (Å²) in [6.45, 7) is 0.438. The minimum atomic E-state index is -4.74. The van der Waals surface area contributed by atoms with Crippen LogP contribution < -0.4 is 16.4 Å². The van der Waals surface area contributed by atoms with E-state index in [4.69, 9.17) is 5.73 Å². The van der Waals surface area contributed by atoms with Gasteiger partial charge in [-0.2, -0.15) is 18.3 Å². The van der Waals surface area contributed by atoms with E-state index >= 15 is 0 Å². The second-order valence-electron chi connectivity index (χ2n) is 9.61. The van der Waals surface area contributed by atoms with Crippen LogP contribution in [0.3, 0.4) is 0 Å². The van der Waals surface area contributed by atoms with Crippen molar-refractivity contribution in [1.82, 2.24) is 15.1 Å². The monoisotopic (exact) mass is 535 g/mol. The van der Waals surface area contributed by atoms with Crippen molar-refractivity contribution in [2.75, 3.05) is 11.9 Å². The average Bonchev–Trinajstić information content (AvgIpc) is 3.66. The van der Waals surface area contributed by atoms with E-state index in [2.05, 4.69) is 15.7 Å². The maximum Gasteiger partial charge on any atom is 0.435 e. The molecule has 1 amide bonds. The lowest BCUT2D eigenvalue weighted by atomic mass is 9.86. The highest BCUT2D eigenvalue weighted by Crippen LogP contribution is 2.33. The van der Waals surface area contributed by atoms with Gasteiger partial charge in [0, 0.05) is 30.9 Å². The summed E-state index contributed by atoms with van der Waals surface area (Å²) in [7, 11) is 0. The maximum atomic E-state index is 13.6. The van der Waals surface area contributed by atoms with Crippen LogP contribution >= 0.6 is 0 Å². The first-order chi connectivity index (χ1) is 18.7. The molecule has 0 radical (unpaired) electrons. The van der Waals surface area contributed by atoms with Gasteiger partial charge >= 0.3 is 6.18 Å². The highest BCUT2D eigenvalue weighted by Gasteiger charge is 2.37. The molecule has 1 aromatic heterocycles. The fraction of sp³-hybridized carbons (Fsp3) is 0.241. The number of hydrogen-bond donors (Lipinski definition) is 4. The Kier molecular flexibility index (Phi) is 7.26. The van der Waals surface area contributed by atoms with E-state index in [1.54, 1.807) is 48.5 Å². The zero-order chi connectivity index (χ0) is 27.6. The van der Waals surface area contributed by atoms with Crippen LogP contribution in [-0.2, 0) is 18.3 Å². The smallest absolute Gasteiger partial charge is 0.379 e. The number of amides is 1. The van der Waals surface area contributed by atoms with E-state index < -0.39 is 23.4 Å². The Morgan fingerprint density at radius 3 is 2.38 bits per heavy atom. The van der Waals surface area contributed by atoms with Crippen LogP contribution in [0.25, 0.3) is 5.69 Å². The third-order valence-corrected chi connectivity index (χ3v) is 6.70. The number of nitrogens with one attached hydrogen (secondary N) is 2. The Hall–Kier alpha value is -3.99. The largest absolute Gasteiger partial charge is 0.435 e. The first-order valence-corrected chi connectivity index (χ1v) is 12.6. The lowest BCUT2D eigenvalue weighted by Crippen LogP contribution is -2.40. The summed E-state index contributed by atoms with van der Waals surface area (Å²) in [4.78, 5) is 13.3. The van der Waals surface area contributed by atoms with Gasteiger partial charge in [-0.25, -0.2) is 4.68 Å². The summed E-state index contributed by atoms with van der Waals surface area (Å²) in [6.07, 6.45) is -2.65. The Labute approximate surface area is 223 Å². The second kappa shape index (κ2) is 10.6. The molecule has 1 aliphatic carbocycles. The van der Waals surface area contributed by atoms with E-state index in [-0.39, 0.29) is 24.5 Å². The van der Waals surface area contributed by atoms with Gasteiger partial charge < -0.3 is 21.5 Å². The minimum absolute atomic E-state index is 0.176. The maximum absolute atomic E-state index is 13.6. The van der Waals surface area contributed by atoms with Gasteiger partial charge in [0.05, 0.1) is 5.69 Å². The van der Waals surface area contributed by atoms with Gasteiger partial charge in [0.25, 0.3) is 5.91 Å². The van der Waals surface area contributed by atoms with Crippen LogP contribution in [0, 0.1) is 0 Å². The predicted molar refractivity (Wildman–Crippen MR) is 141 cm³/mol. The highest BCUT2D eigenvalue weighted by atomic mass is 19.4. The van der Waals surface area contributed by atoms with Gasteiger partial charge in [0.2, 0.25) is 0 Å². The molecule has 202 valence electrons. The molecule has 7 nitrogen and oxygen atoms in total. The summed E-state index contributed by atoms with van der Waals surface area (Å²) < 4.78 is 41.6. The van der Waals surface area contributed by atoms with Crippen LogP contribution in [0.1, 0.15) is 45.7 Å². The molecule has 1 saturated carbocycles. The number of halogens is 3. The number of aromatic nitrogens is 2. The van der Waals surface area contributed by atoms with E-state index in [1.165, 1.54) is 0 Å². The molecule has 1 heterocycles. The minimum Gasteiger partial charge on any atom is -0.379 e. The normalized spacial score (nSPS) is 15.1. The van der Waals surface area contributed by atoms with Crippen LogP contribution in [0.4, 0.5) is 18.9 Å². The number of nitrogens with two attached hydrogens (primary N) is 1. The van der Waals surface area contributed by atoms with Gasteiger partial charge in [-0.15, -0.1) is 0 Å². The van der Waals surface area contributed by atoms with E-state index in [9.17, 15) is 23.1 Å². The summed E-state index contributed by atoms with van der Waals surface area (Å²) >= 11 is 0. The zero-order valence-electron chi connectivity index (χ0n) is 20.9. The van der Waals surface area contributed by atoms with E-state index in [0.717, 1.165) is 17.5 Å². The lowest BCUT2D eigenvalue weighted by molar-refractivity contribution is -0.141. The molecule has 4 aromatic rings. The van der Waals surface area contributed by atoms with Gasteiger partial charge in [-0.1, -0.05) is 54.6 Å². The molecule has 39 heavy (non-hydrogen) atoms. The molecule has 1 atom stereocenters. The molecule has 10 heteroatoms. The molecule has 0 spiro atoms. The SMILES string of the molecule is NCc1cccc(-n2nc(C(F)(F)F)cc2C(=O)Nc2cccc(C(O)(CNC3CC3)c3ccccc3)c2)c1. The lowest BCUT2D eigenvalue weighted by Gasteiger charge is -2.30. The van der Waals surface area contributed by atoms with Gasteiger partial charge in [0.15, 0.2) is 5.69 Å². The summed E-state index contributed by atoms with van der Waals surface area (Å²) in [5.41, 5.74) is 5.28. The highest BCUT2D eigenvalue weighted by molar-refractivity contribution is 6.03. The fourth-order valence-corrected chi connectivity index (χ4v) is 4.41. The van der Waals surface area contributed by atoms with Crippen LogP contribution in [0.2, 0.25) is 0 Å².